The molecule has 0 saturated heterocycles. The molecule has 20 heavy (non-hydrogen) atoms. The third kappa shape index (κ3) is 4.13. The van der Waals surface area contributed by atoms with Crippen LogP contribution in [0.1, 0.15) is 32.8 Å². The maximum absolute atomic E-state index is 12.0. The molecule has 0 heterocycles. The number of carbonyl (C=O) groups excluding carboxylic acids is 1. The summed E-state index contributed by atoms with van der Waals surface area (Å²) >= 11 is 0. The Bertz CT molecular complexity index is 426. The van der Waals surface area contributed by atoms with Crippen molar-refractivity contribution in [1.29, 1.82) is 0 Å². The van der Waals surface area contributed by atoms with E-state index in [9.17, 15) is 4.79 Å². The number of ether oxygens (including phenoxy) is 2. The Morgan fingerprint density at radius 2 is 2.10 bits per heavy atom. The summed E-state index contributed by atoms with van der Waals surface area (Å²) < 4.78 is 11.0. The lowest BCUT2D eigenvalue weighted by molar-refractivity contribution is -0.127. The quantitative estimate of drug-likeness (QED) is 0.799. The Morgan fingerprint density at radius 1 is 1.40 bits per heavy atom. The molecule has 0 bridgehead atoms. The summed E-state index contributed by atoms with van der Waals surface area (Å²) in [5.74, 6) is 0.966. The summed E-state index contributed by atoms with van der Waals surface area (Å²) in [5.41, 5.74) is 6.50. The van der Waals surface area contributed by atoms with Gasteiger partial charge in [-0.05, 0) is 26.3 Å². The fourth-order valence-electron chi connectivity index (χ4n) is 1.71. The number of hydrogen-bond acceptors (Lipinski definition) is 4. The van der Waals surface area contributed by atoms with E-state index in [1.165, 1.54) is 0 Å². The van der Waals surface area contributed by atoms with Crippen molar-refractivity contribution in [3.63, 3.8) is 0 Å². The molecule has 1 aromatic rings. The topological polar surface area (TPSA) is 73.6 Å². The van der Waals surface area contributed by atoms with E-state index in [-0.39, 0.29) is 11.9 Å². The van der Waals surface area contributed by atoms with Gasteiger partial charge in [0.25, 0.3) is 5.91 Å². The summed E-state index contributed by atoms with van der Waals surface area (Å²) in [7, 11) is 1.56. The standard InChI is InChI=1S/C15H24N2O3/c1-5-10(2)17-15(18)11(3)20-14-12(9-16)7-6-8-13(14)19-4/h6-8,10-11H,5,9,16H2,1-4H3,(H,17,18). The van der Waals surface area contributed by atoms with Crippen LogP contribution in [0.2, 0.25) is 0 Å². The average molecular weight is 280 g/mol. The van der Waals surface area contributed by atoms with Crippen LogP contribution in [0.3, 0.4) is 0 Å². The first-order chi connectivity index (χ1) is 9.53. The summed E-state index contributed by atoms with van der Waals surface area (Å²) in [6, 6.07) is 5.61. The Labute approximate surface area is 120 Å². The molecule has 0 aromatic heterocycles. The number of methoxy groups -OCH3 is 1. The lowest BCUT2D eigenvalue weighted by Crippen LogP contribution is -2.41. The van der Waals surface area contributed by atoms with E-state index in [0.717, 1.165) is 12.0 Å². The van der Waals surface area contributed by atoms with E-state index in [0.29, 0.717) is 18.0 Å². The van der Waals surface area contributed by atoms with Crippen LogP contribution < -0.4 is 20.5 Å². The van der Waals surface area contributed by atoms with Gasteiger partial charge in [0.2, 0.25) is 0 Å². The molecule has 112 valence electrons. The minimum atomic E-state index is -0.606. The number of nitrogens with two attached hydrogens (primary N) is 1. The van der Waals surface area contributed by atoms with Gasteiger partial charge in [-0.1, -0.05) is 19.1 Å². The molecule has 5 nitrogen and oxygen atoms in total. The molecule has 1 rings (SSSR count). The summed E-state index contributed by atoms with van der Waals surface area (Å²) in [6.07, 6.45) is 0.270. The number of hydrogen-bond donors (Lipinski definition) is 2. The Balaban J connectivity index is 2.84. The van der Waals surface area contributed by atoms with Gasteiger partial charge in [-0.25, -0.2) is 0 Å². The average Bonchev–Trinajstić information content (AvgIpc) is 2.46. The highest BCUT2D eigenvalue weighted by atomic mass is 16.5. The number of nitrogens with one attached hydrogen (secondary N) is 1. The Kier molecular flexibility index (Phi) is 6.31. The predicted molar refractivity (Wildman–Crippen MR) is 78.9 cm³/mol. The monoisotopic (exact) mass is 280 g/mol. The minimum Gasteiger partial charge on any atom is -0.493 e. The molecular formula is C15H24N2O3. The predicted octanol–water partition coefficient (Wildman–Crippen LogP) is 1.84. The van der Waals surface area contributed by atoms with Gasteiger partial charge in [0.1, 0.15) is 0 Å². The fourth-order valence-corrected chi connectivity index (χ4v) is 1.71. The van der Waals surface area contributed by atoms with Crippen molar-refractivity contribution in [2.24, 2.45) is 5.73 Å². The van der Waals surface area contributed by atoms with Gasteiger partial charge in [0.15, 0.2) is 17.6 Å². The third-order valence-electron chi connectivity index (χ3n) is 3.17. The van der Waals surface area contributed by atoms with Crippen molar-refractivity contribution in [3.8, 4) is 11.5 Å². The Hall–Kier alpha value is -1.75. The zero-order valence-electron chi connectivity index (χ0n) is 12.6. The van der Waals surface area contributed by atoms with Crippen molar-refractivity contribution < 1.29 is 14.3 Å². The molecule has 0 radical (unpaired) electrons. The smallest absolute Gasteiger partial charge is 0.260 e. The zero-order chi connectivity index (χ0) is 15.1. The summed E-state index contributed by atoms with van der Waals surface area (Å²) in [5, 5.41) is 2.89. The highest BCUT2D eigenvalue weighted by molar-refractivity contribution is 5.81. The van der Waals surface area contributed by atoms with Crippen molar-refractivity contribution in [2.75, 3.05) is 7.11 Å². The lowest BCUT2D eigenvalue weighted by Gasteiger charge is -2.20. The second kappa shape index (κ2) is 7.75. The molecule has 0 fully saturated rings. The van der Waals surface area contributed by atoms with Gasteiger partial charge < -0.3 is 20.5 Å². The highest BCUT2D eigenvalue weighted by Gasteiger charge is 2.19. The van der Waals surface area contributed by atoms with Crippen molar-refractivity contribution in [1.82, 2.24) is 5.32 Å². The first-order valence-corrected chi connectivity index (χ1v) is 6.86. The second-order valence-electron chi connectivity index (χ2n) is 4.73. The number of rotatable bonds is 7. The minimum absolute atomic E-state index is 0.125. The first-order valence-electron chi connectivity index (χ1n) is 6.86. The Morgan fingerprint density at radius 3 is 2.65 bits per heavy atom. The molecule has 1 amide bonds. The SMILES string of the molecule is CCC(C)NC(=O)C(C)Oc1c(CN)cccc1OC. The molecule has 0 aliphatic heterocycles. The van der Waals surface area contributed by atoms with Crippen molar-refractivity contribution >= 4 is 5.91 Å². The van der Waals surface area contributed by atoms with Gasteiger partial charge >= 0.3 is 0 Å². The molecule has 5 heteroatoms. The van der Waals surface area contributed by atoms with Crippen molar-refractivity contribution in [2.45, 2.75) is 45.9 Å². The van der Waals surface area contributed by atoms with E-state index in [1.807, 2.05) is 26.0 Å². The number of benzene rings is 1. The maximum atomic E-state index is 12.0. The number of carbonyl (C=O) groups is 1. The molecule has 1 aromatic carbocycles. The van der Waals surface area contributed by atoms with E-state index in [4.69, 9.17) is 15.2 Å². The molecule has 0 aliphatic rings. The van der Waals surface area contributed by atoms with Crippen LogP contribution in [0, 0.1) is 0 Å². The number of amides is 1. The highest BCUT2D eigenvalue weighted by Crippen LogP contribution is 2.31. The normalized spacial score (nSPS) is 13.4. The second-order valence-corrected chi connectivity index (χ2v) is 4.73. The van der Waals surface area contributed by atoms with Gasteiger partial charge in [-0.15, -0.1) is 0 Å². The van der Waals surface area contributed by atoms with Gasteiger partial charge in [0, 0.05) is 18.2 Å². The molecule has 0 aliphatic carbocycles. The maximum Gasteiger partial charge on any atom is 0.260 e. The van der Waals surface area contributed by atoms with E-state index in [1.54, 1.807) is 20.1 Å². The van der Waals surface area contributed by atoms with Gasteiger partial charge in [-0.3, -0.25) is 4.79 Å². The molecule has 3 N–H and O–H groups in total. The third-order valence-corrected chi connectivity index (χ3v) is 3.17. The lowest BCUT2D eigenvalue weighted by atomic mass is 10.2. The van der Waals surface area contributed by atoms with Crippen LogP contribution in [0.5, 0.6) is 11.5 Å². The molecular weight excluding hydrogens is 256 g/mol. The molecule has 0 saturated carbocycles. The molecule has 2 atom stereocenters. The summed E-state index contributed by atoms with van der Waals surface area (Å²) in [6.45, 7) is 6.01. The van der Waals surface area contributed by atoms with Crippen LogP contribution in [0.15, 0.2) is 18.2 Å². The van der Waals surface area contributed by atoms with Gasteiger partial charge in [0.05, 0.1) is 7.11 Å². The zero-order valence-corrected chi connectivity index (χ0v) is 12.6. The van der Waals surface area contributed by atoms with E-state index in [2.05, 4.69) is 5.32 Å². The fraction of sp³-hybridized carbons (Fsp3) is 0.533. The summed E-state index contributed by atoms with van der Waals surface area (Å²) in [4.78, 5) is 12.0. The van der Waals surface area contributed by atoms with E-state index >= 15 is 0 Å². The van der Waals surface area contributed by atoms with Crippen molar-refractivity contribution in [3.05, 3.63) is 23.8 Å². The van der Waals surface area contributed by atoms with Crippen LogP contribution in [-0.2, 0) is 11.3 Å². The van der Waals surface area contributed by atoms with Crippen LogP contribution in [-0.4, -0.2) is 25.2 Å². The number of para-hydroxylation sites is 1. The van der Waals surface area contributed by atoms with Gasteiger partial charge in [-0.2, -0.15) is 0 Å². The van der Waals surface area contributed by atoms with Crippen LogP contribution in [0.25, 0.3) is 0 Å². The molecule has 2 unspecified atom stereocenters. The largest absolute Gasteiger partial charge is 0.493 e. The molecule has 0 spiro atoms. The first kappa shape index (κ1) is 16.3. The van der Waals surface area contributed by atoms with E-state index < -0.39 is 6.10 Å². The van der Waals surface area contributed by atoms with Crippen LogP contribution in [0.4, 0.5) is 0 Å². The van der Waals surface area contributed by atoms with Crippen LogP contribution >= 0.6 is 0 Å².